The molecule has 0 bridgehead atoms. The highest BCUT2D eigenvalue weighted by Crippen LogP contribution is 2.30. The molecule has 0 saturated carbocycles. The zero-order valence-electron chi connectivity index (χ0n) is 15.5. The molecule has 0 spiro atoms. The minimum absolute atomic E-state index is 0.100. The first-order chi connectivity index (χ1) is 12.5. The van der Waals surface area contributed by atoms with Crippen LogP contribution in [0.15, 0.2) is 0 Å². The lowest BCUT2D eigenvalue weighted by molar-refractivity contribution is -0.172. The molecule has 2 fully saturated rings. The van der Waals surface area contributed by atoms with Crippen LogP contribution in [0.3, 0.4) is 0 Å². The Morgan fingerprint density at radius 3 is 2.41 bits per heavy atom. The van der Waals surface area contributed by atoms with Crippen LogP contribution in [-0.4, -0.2) is 71.9 Å². The fraction of sp³-hybridized carbons (Fsp3) is 0.688. The Bertz CT molecular complexity index is 664. The van der Waals surface area contributed by atoms with E-state index in [-0.39, 0.29) is 19.6 Å². The largest absolute Gasteiger partial charge is 0.463 e. The van der Waals surface area contributed by atoms with Crippen molar-refractivity contribution in [2.45, 2.75) is 58.2 Å². The Morgan fingerprint density at radius 2 is 1.85 bits per heavy atom. The number of ether oxygens (including phenoxy) is 4. The molecule has 2 aliphatic heterocycles. The van der Waals surface area contributed by atoms with Gasteiger partial charge in [-0.3, -0.25) is 29.4 Å². The van der Waals surface area contributed by atoms with Gasteiger partial charge in [0.15, 0.2) is 0 Å². The molecule has 150 valence electrons. The summed E-state index contributed by atoms with van der Waals surface area (Å²) in [7, 11) is 0. The second-order valence-corrected chi connectivity index (χ2v) is 6.53. The summed E-state index contributed by atoms with van der Waals surface area (Å²) in [5, 5.41) is 2.12. The number of imide groups is 1. The smallest absolute Gasteiger partial charge is 0.326 e. The van der Waals surface area contributed by atoms with Crippen molar-refractivity contribution in [2.24, 2.45) is 0 Å². The zero-order valence-corrected chi connectivity index (χ0v) is 15.5. The Labute approximate surface area is 155 Å². The first-order valence-electron chi connectivity index (χ1n) is 8.29. The summed E-state index contributed by atoms with van der Waals surface area (Å²) in [6.45, 7) is 4.56. The fourth-order valence-electron chi connectivity index (χ4n) is 2.98. The highest BCUT2D eigenvalue weighted by molar-refractivity contribution is 6.02. The standard InChI is InChI=1S/C16H22N2O9/c1-8(19)24-6-12-11(25-9(2)20)5-13(26-12)18-7-16(4,27-10(3)21)14(22)17-15(18)23/h11-13H,5-7H2,1-4H3,(H,17,22,23)/t11-,12+,13+,16?/m0/s1. The quantitative estimate of drug-likeness (QED) is 0.488. The SMILES string of the molecule is CC(=O)OC[C@H]1O[C@@H](N2CC(C)(OC(C)=O)C(=O)NC2=O)C[C@@H]1OC(C)=O. The molecule has 0 aromatic heterocycles. The molecular formula is C16H22N2O9. The van der Waals surface area contributed by atoms with Gasteiger partial charge in [0.25, 0.3) is 5.91 Å². The van der Waals surface area contributed by atoms with Crippen LogP contribution in [0, 0.1) is 0 Å². The molecule has 0 aromatic rings. The second-order valence-electron chi connectivity index (χ2n) is 6.53. The van der Waals surface area contributed by atoms with Crippen molar-refractivity contribution < 1.29 is 42.9 Å². The molecule has 2 rings (SSSR count). The molecule has 2 saturated heterocycles. The van der Waals surface area contributed by atoms with E-state index in [0.717, 1.165) is 6.92 Å². The Morgan fingerprint density at radius 1 is 1.19 bits per heavy atom. The van der Waals surface area contributed by atoms with Crippen molar-refractivity contribution in [3.63, 3.8) is 0 Å². The maximum Gasteiger partial charge on any atom is 0.326 e. The Hall–Kier alpha value is -2.69. The first-order valence-corrected chi connectivity index (χ1v) is 8.29. The molecule has 0 radical (unpaired) electrons. The molecule has 0 aliphatic carbocycles. The second kappa shape index (κ2) is 7.91. The van der Waals surface area contributed by atoms with Gasteiger partial charge in [0.05, 0.1) is 6.54 Å². The minimum Gasteiger partial charge on any atom is -0.463 e. The van der Waals surface area contributed by atoms with Gasteiger partial charge >= 0.3 is 23.9 Å². The van der Waals surface area contributed by atoms with Gasteiger partial charge in [-0.15, -0.1) is 0 Å². The van der Waals surface area contributed by atoms with Gasteiger partial charge in [0.2, 0.25) is 5.60 Å². The first kappa shape index (κ1) is 20.6. The summed E-state index contributed by atoms with van der Waals surface area (Å²) >= 11 is 0. The number of urea groups is 1. The Kier molecular flexibility index (Phi) is 6.04. The normalized spacial score (nSPS) is 30.5. The van der Waals surface area contributed by atoms with Gasteiger partial charge in [-0.25, -0.2) is 4.79 Å². The van der Waals surface area contributed by atoms with E-state index in [2.05, 4.69) is 5.32 Å². The zero-order chi connectivity index (χ0) is 20.4. The monoisotopic (exact) mass is 386 g/mol. The maximum atomic E-state index is 12.2. The highest BCUT2D eigenvalue weighted by atomic mass is 16.6. The molecule has 4 atom stereocenters. The number of amides is 3. The van der Waals surface area contributed by atoms with Gasteiger partial charge in [0, 0.05) is 27.2 Å². The molecule has 3 amide bonds. The number of carbonyl (C=O) groups is 5. The average molecular weight is 386 g/mol. The molecule has 0 aromatic carbocycles. The molecule has 11 heteroatoms. The van der Waals surface area contributed by atoms with E-state index in [1.165, 1.54) is 25.7 Å². The predicted octanol–water partition coefficient (Wildman–Crippen LogP) is -0.530. The summed E-state index contributed by atoms with van der Waals surface area (Å²) < 4.78 is 20.9. The van der Waals surface area contributed by atoms with Crippen molar-refractivity contribution in [1.82, 2.24) is 10.2 Å². The van der Waals surface area contributed by atoms with Gasteiger partial charge in [-0.2, -0.15) is 0 Å². The van der Waals surface area contributed by atoms with Crippen LogP contribution in [0.4, 0.5) is 4.79 Å². The number of rotatable bonds is 5. The van der Waals surface area contributed by atoms with E-state index in [4.69, 9.17) is 18.9 Å². The third-order valence-corrected chi connectivity index (χ3v) is 4.10. The lowest BCUT2D eigenvalue weighted by Gasteiger charge is -2.40. The van der Waals surface area contributed by atoms with Gasteiger partial charge < -0.3 is 18.9 Å². The van der Waals surface area contributed by atoms with Gasteiger partial charge in [-0.05, 0) is 6.92 Å². The van der Waals surface area contributed by atoms with Crippen LogP contribution < -0.4 is 5.32 Å². The molecular weight excluding hydrogens is 364 g/mol. The summed E-state index contributed by atoms with van der Waals surface area (Å²) in [4.78, 5) is 59.2. The molecule has 1 N–H and O–H groups in total. The highest BCUT2D eigenvalue weighted by Gasteiger charge is 2.50. The molecule has 2 heterocycles. The van der Waals surface area contributed by atoms with E-state index in [1.54, 1.807) is 0 Å². The number of hydrogen-bond donors (Lipinski definition) is 1. The van der Waals surface area contributed by atoms with Crippen molar-refractivity contribution in [3.8, 4) is 0 Å². The predicted molar refractivity (Wildman–Crippen MR) is 85.9 cm³/mol. The Balaban J connectivity index is 2.15. The molecule has 11 nitrogen and oxygen atoms in total. The van der Waals surface area contributed by atoms with Crippen LogP contribution in [0.1, 0.15) is 34.1 Å². The van der Waals surface area contributed by atoms with Crippen molar-refractivity contribution in [1.29, 1.82) is 0 Å². The summed E-state index contributed by atoms with van der Waals surface area (Å²) in [6.07, 6.45) is -2.31. The summed E-state index contributed by atoms with van der Waals surface area (Å²) in [5.41, 5.74) is -1.59. The topological polar surface area (TPSA) is 138 Å². The van der Waals surface area contributed by atoms with Crippen LogP contribution in [0.5, 0.6) is 0 Å². The summed E-state index contributed by atoms with van der Waals surface area (Å²) in [5.74, 6) is -2.52. The summed E-state index contributed by atoms with van der Waals surface area (Å²) in [6, 6.07) is -0.732. The van der Waals surface area contributed by atoms with E-state index < -0.39 is 53.9 Å². The van der Waals surface area contributed by atoms with E-state index >= 15 is 0 Å². The number of esters is 3. The lowest BCUT2D eigenvalue weighted by atomic mass is 10.0. The average Bonchev–Trinajstić information content (AvgIpc) is 2.90. The number of carbonyl (C=O) groups excluding carboxylic acids is 5. The van der Waals surface area contributed by atoms with E-state index in [9.17, 15) is 24.0 Å². The van der Waals surface area contributed by atoms with Crippen LogP contribution >= 0.6 is 0 Å². The van der Waals surface area contributed by atoms with Crippen LogP contribution in [0.2, 0.25) is 0 Å². The van der Waals surface area contributed by atoms with Crippen molar-refractivity contribution in [2.75, 3.05) is 13.2 Å². The lowest BCUT2D eigenvalue weighted by Crippen LogP contribution is -2.66. The molecule has 2 aliphatic rings. The maximum absolute atomic E-state index is 12.2. The van der Waals surface area contributed by atoms with Gasteiger partial charge in [-0.1, -0.05) is 0 Å². The number of hydrogen-bond acceptors (Lipinski definition) is 9. The van der Waals surface area contributed by atoms with Crippen molar-refractivity contribution in [3.05, 3.63) is 0 Å². The minimum atomic E-state index is -1.59. The van der Waals surface area contributed by atoms with E-state index in [1.807, 2.05) is 0 Å². The van der Waals surface area contributed by atoms with E-state index in [0.29, 0.717) is 0 Å². The molecule has 1 unspecified atom stereocenters. The number of nitrogens with zero attached hydrogens (tertiary/aromatic N) is 1. The van der Waals surface area contributed by atoms with Gasteiger partial charge in [0.1, 0.15) is 25.0 Å². The third kappa shape index (κ3) is 4.94. The fourth-order valence-corrected chi connectivity index (χ4v) is 2.98. The van der Waals surface area contributed by atoms with Crippen molar-refractivity contribution >= 4 is 29.8 Å². The van der Waals surface area contributed by atoms with Crippen LogP contribution in [-0.2, 0) is 38.1 Å². The van der Waals surface area contributed by atoms with Crippen LogP contribution in [0.25, 0.3) is 0 Å². The molecule has 27 heavy (non-hydrogen) atoms. The third-order valence-electron chi connectivity index (χ3n) is 4.10. The number of nitrogens with one attached hydrogen (secondary N) is 1.